The van der Waals surface area contributed by atoms with Crippen molar-refractivity contribution in [2.75, 3.05) is 13.2 Å². The van der Waals surface area contributed by atoms with Crippen LogP contribution in [0.1, 0.15) is 23.5 Å². The average Bonchev–Trinajstić information content (AvgIpc) is 3.21. The summed E-state index contributed by atoms with van der Waals surface area (Å²) in [6, 6.07) is -5.63. The number of allylic oxidation sites excluding steroid dienone is 1. The molecule has 1 aromatic heterocycles. The van der Waals surface area contributed by atoms with Crippen molar-refractivity contribution in [1.29, 1.82) is 0 Å². The van der Waals surface area contributed by atoms with Gasteiger partial charge in [0, 0.05) is 12.7 Å². The van der Waals surface area contributed by atoms with Gasteiger partial charge in [-0.1, -0.05) is 6.08 Å². The SMILES string of the molecule is C/C=C1\CN(C(=O)C(NC(=O)C(N)C(O)C(O)COC(N)=O)[C@H]2O[C@@H](n3cc(C(=O)O)c(=O)[nH]c3=O)[C@H](O)[C@@H]2O)[C@@H]1C(=O)O. The maximum atomic E-state index is 13.6. The third-order valence-corrected chi connectivity index (χ3v) is 7.00. The molecule has 3 rings (SSSR count). The molecule has 4 unspecified atom stereocenters. The number of hydrogen-bond donors (Lipinski definition) is 10. The van der Waals surface area contributed by atoms with Gasteiger partial charge in [0.05, 0.1) is 0 Å². The van der Waals surface area contributed by atoms with E-state index >= 15 is 0 Å². The Morgan fingerprint density at radius 3 is 2.36 bits per heavy atom. The fourth-order valence-electron chi connectivity index (χ4n) is 4.60. The van der Waals surface area contributed by atoms with Crippen LogP contribution < -0.4 is 28.0 Å². The summed E-state index contributed by atoms with van der Waals surface area (Å²) in [7, 11) is 0. The van der Waals surface area contributed by atoms with E-state index in [4.69, 9.17) is 16.2 Å². The zero-order valence-corrected chi connectivity index (χ0v) is 22.7. The quantitative estimate of drug-likeness (QED) is 0.102. The molecule has 2 fully saturated rings. The van der Waals surface area contributed by atoms with Gasteiger partial charge < -0.3 is 61.8 Å². The van der Waals surface area contributed by atoms with Crippen LogP contribution in [0.4, 0.5) is 4.79 Å². The molecular formula is C23H30N6O15. The molecule has 2 saturated heterocycles. The summed E-state index contributed by atoms with van der Waals surface area (Å²) in [4.78, 5) is 87.4. The molecule has 0 radical (unpaired) electrons. The molecule has 0 spiro atoms. The molecule has 21 heteroatoms. The summed E-state index contributed by atoms with van der Waals surface area (Å²) in [6.07, 6.45) is -11.6. The van der Waals surface area contributed by atoms with Crippen molar-refractivity contribution in [1.82, 2.24) is 19.8 Å². The highest BCUT2D eigenvalue weighted by atomic mass is 16.6. The number of ether oxygens (including phenoxy) is 2. The number of aromatic carboxylic acids is 1. The highest BCUT2D eigenvalue weighted by Crippen LogP contribution is 2.33. The normalized spacial score (nSPS) is 26.6. The number of aliphatic carboxylic acids is 1. The molecular weight excluding hydrogens is 600 g/mol. The summed E-state index contributed by atoms with van der Waals surface area (Å²) < 4.78 is 10.3. The Balaban J connectivity index is 1.97. The van der Waals surface area contributed by atoms with Crippen LogP contribution >= 0.6 is 0 Å². The number of aromatic nitrogens is 2. The maximum Gasteiger partial charge on any atom is 0.404 e. The third kappa shape index (κ3) is 6.61. The molecule has 242 valence electrons. The van der Waals surface area contributed by atoms with Crippen molar-refractivity contribution in [2.24, 2.45) is 11.5 Å². The number of nitrogens with one attached hydrogen (secondary N) is 2. The molecule has 9 atom stereocenters. The summed E-state index contributed by atoms with van der Waals surface area (Å²) in [5.41, 5.74) is 7.25. The summed E-state index contributed by atoms with van der Waals surface area (Å²) in [5, 5.41) is 62.7. The lowest BCUT2D eigenvalue weighted by molar-refractivity contribution is -0.157. The summed E-state index contributed by atoms with van der Waals surface area (Å²) in [6.45, 7) is 0.384. The molecule has 21 nitrogen and oxygen atoms in total. The lowest BCUT2D eigenvalue weighted by Gasteiger charge is -2.43. The monoisotopic (exact) mass is 630 g/mol. The Hall–Kier alpha value is -4.67. The number of nitrogens with zero attached hydrogens (tertiary/aromatic N) is 2. The fourth-order valence-corrected chi connectivity index (χ4v) is 4.60. The third-order valence-electron chi connectivity index (χ3n) is 7.00. The Kier molecular flexibility index (Phi) is 10.2. The van der Waals surface area contributed by atoms with Gasteiger partial charge >= 0.3 is 23.7 Å². The van der Waals surface area contributed by atoms with Crippen LogP contribution in [0.15, 0.2) is 27.4 Å². The topological polar surface area (TPSA) is 347 Å². The highest BCUT2D eigenvalue weighted by molar-refractivity contribution is 5.95. The van der Waals surface area contributed by atoms with E-state index in [9.17, 15) is 64.2 Å². The van der Waals surface area contributed by atoms with Crippen LogP contribution in [0.3, 0.4) is 0 Å². The van der Waals surface area contributed by atoms with Crippen molar-refractivity contribution < 1.29 is 64.1 Å². The van der Waals surface area contributed by atoms with Gasteiger partial charge in [-0.3, -0.25) is 23.9 Å². The van der Waals surface area contributed by atoms with Crippen molar-refractivity contribution in [3.63, 3.8) is 0 Å². The van der Waals surface area contributed by atoms with Gasteiger partial charge in [-0.15, -0.1) is 0 Å². The van der Waals surface area contributed by atoms with E-state index in [0.717, 1.165) is 4.90 Å². The number of carbonyl (C=O) groups excluding carboxylic acids is 3. The van der Waals surface area contributed by atoms with Gasteiger partial charge in [-0.2, -0.15) is 0 Å². The Labute approximate surface area is 244 Å². The first-order valence-electron chi connectivity index (χ1n) is 12.6. The Morgan fingerprint density at radius 1 is 1.18 bits per heavy atom. The number of aromatic amines is 1. The van der Waals surface area contributed by atoms with Gasteiger partial charge in [0.2, 0.25) is 11.8 Å². The van der Waals surface area contributed by atoms with E-state index in [-0.39, 0.29) is 6.54 Å². The second-order valence-electron chi connectivity index (χ2n) is 9.76. The Bertz CT molecular complexity index is 1470. The number of aliphatic hydroxyl groups excluding tert-OH is 4. The molecule has 0 saturated carbocycles. The van der Waals surface area contributed by atoms with Gasteiger partial charge in [-0.25, -0.2) is 19.2 Å². The summed E-state index contributed by atoms with van der Waals surface area (Å²) >= 11 is 0. The molecule has 0 aliphatic carbocycles. The van der Waals surface area contributed by atoms with Crippen molar-refractivity contribution in [3.8, 4) is 0 Å². The largest absolute Gasteiger partial charge is 0.479 e. The Morgan fingerprint density at radius 2 is 1.82 bits per heavy atom. The minimum absolute atomic E-state index is 0.243. The first kappa shape index (κ1) is 33.8. The number of carboxylic acids is 2. The smallest absolute Gasteiger partial charge is 0.404 e. The standard InChI is InChI=1S/C23H30N6O15/c1-2-6-3-28(11(6)21(39)40)18(36)10(26-17(35)9(24)12(31)8(30)5-43-22(25)41)15-13(32)14(33)19(44-15)29-4-7(20(37)38)16(34)27-23(29)42/h2,4,8-15,19,30-33H,3,5,24H2,1H3,(H2,25,41)(H,26,35)(H,37,38)(H,39,40)(H,27,34,42)/b6-2+/t8?,9?,10?,11-,12?,13-,14+,15+,19+/m0/s1. The van der Waals surface area contributed by atoms with E-state index in [2.05, 4.69) is 10.1 Å². The molecule has 0 bridgehead atoms. The average molecular weight is 631 g/mol. The number of H-pyrrole nitrogens is 1. The lowest BCUT2D eigenvalue weighted by atomic mass is 9.92. The number of rotatable bonds is 11. The zero-order chi connectivity index (χ0) is 33.2. The molecule has 1 aromatic rings. The number of carbonyl (C=O) groups is 5. The summed E-state index contributed by atoms with van der Waals surface area (Å²) in [5.74, 6) is -5.79. The number of carboxylic acid groups (broad SMARTS) is 2. The number of aliphatic hydroxyl groups is 4. The maximum absolute atomic E-state index is 13.6. The van der Waals surface area contributed by atoms with Crippen molar-refractivity contribution >= 4 is 29.8 Å². The van der Waals surface area contributed by atoms with Crippen LogP contribution in [-0.2, 0) is 23.9 Å². The van der Waals surface area contributed by atoms with E-state index in [1.165, 1.54) is 13.0 Å². The molecule has 44 heavy (non-hydrogen) atoms. The number of amides is 3. The van der Waals surface area contributed by atoms with Gasteiger partial charge in [0.25, 0.3) is 5.56 Å². The highest BCUT2D eigenvalue weighted by Gasteiger charge is 2.54. The van der Waals surface area contributed by atoms with E-state index in [0.29, 0.717) is 16.3 Å². The molecule has 12 N–H and O–H groups in total. The zero-order valence-electron chi connectivity index (χ0n) is 22.7. The minimum atomic E-state index is -2.13. The first-order valence-corrected chi connectivity index (χ1v) is 12.6. The second kappa shape index (κ2) is 13.3. The van der Waals surface area contributed by atoms with Crippen LogP contribution in [0.25, 0.3) is 0 Å². The van der Waals surface area contributed by atoms with Crippen LogP contribution in [-0.4, -0.2) is 137 Å². The predicted molar refractivity (Wildman–Crippen MR) is 139 cm³/mol. The van der Waals surface area contributed by atoms with E-state index < -0.39 is 108 Å². The minimum Gasteiger partial charge on any atom is -0.479 e. The predicted octanol–water partition coefficient (Wildman–Crippen LogP) is -6.28. The van der Waals surface area contributed by atoms with Crippen molar-refractivity contribution in [2.45, 2.75) is 61.8 Å². The second-order valence-corrected chi connectivity index (χ2v) is 9.76. The van der Waals surface area contributed by atoms with Crippen LogP contribution in [0.5, 0.6) is 0 Å². The van der Waals surface area contributed by atoms with E-state index in [1.807, 2.05) is 0 Å². The van der Waals surface area contributed by atoms with E-state index in [1.54, 1.807) is 4.98 Å². The number of likely N-dealkylation sites (tertiary alicyclic amines) is 1. The molecule has 3 amide bonds. The fraction of sp³-hybridized carbons (Fsp3) is 0.522. The number of hydrogen-bond acceptors (Lipinski definition) is 14. The van der Waals surface area contributed by atoms with Gasteiger partial charge in [-0.05, 0) is 12.5 Å². The molecule has 0 aromatic carbocycles. The lowest BCUT2D eigenvalue weighted by Crippen LogP contribution is -2.67. The van der Waals surface area contributed by atoms with Gasteiger partial charge in [0.1, 0.15) is 54.8 Å². The molecule has 2 aliphatic heterocycles. The molecule has 2 aliphatic rings. The first-order chi connectivity index (χ1) is 20.5. The molecule has 3 heterocycles. The van der Waals surface area contributed by atoms with Crippen molar-refractivity contribution in [3.05, 3.63) is 44.2 Å². The van der Waals surface area contributed by atoms with Gasteiger partial charge in [0.15, 0.2) is 12.3 Å². The van der Waals surface area contributed by atoms with Crippen LogP contribution in [0.2, 0.25) is 0 Å². The number of nitrogens with two attached hydrogens (primary N) is 2. The number of primary amides is 1. The van der Waals surface area contributed by atoms with Crippen LogP contribution in [0, 0.1) is 0 Å².